The van der Waals surface area contributed by atoms with Gasteiger partial charge in [-0.3, -0.25) is 4.79 Å². The van der Waals surface area contributed by atoms with Gasteiger partial charge in [0.25, 0.3) is 10.0 Å². The molecule has 142 valence electrons. The van der Waals surface area contributed by atoms with Crippen LogP contribution in [0, 0.1) is 12.8 Å². The van der Waals surface area contributed by atoms with Crippen molar-refractivity contribution in [2.75, 3.05) is 7.11 Å². The van der Waals surface area contributed by atoms with Crippen LogP contribution in [0.3, 0.4) is 0 Å². The van der Waals surface area contributed by atoms with Crippen LogP contribution in [-0.4, -0.2) is 27.7 Å². The highest BCUT2D eigenvalue weighted by Gasteiger charge is 2.32. The molecule has 1 N–H and O–H groups in total. The standard InChI is InChI=1S/C19H20N2O5S/c1-13-3-8-16(9-4-13)27(23,24)21-20-12-14-5-10-17(18(11-14)25-2)26-19(22)15-6-7-15/h3-5,8-12,15,21H,6-7H2,1-2H3/b20-12-. The Balaban J connectivity index is 1.69. The van der Waals surface area contributed by atoms with Crippen LogP contribution < -0.4 is 14.3 Å². The molecule has 0 radical (unpaired) electrons. The molecule has 3 rings (SSSR count). The largest absolute Gasteiger partial charge is 0.493 e. The summed E-state index contributed by atoms with van der Waals surface area (Å²) in [5.74, 6) is 0.411. The quantitative estimate of drug-likeness (QED) is 0.341. The Morgan fingerprint density at radius 2 is 1.85 bits per heavy atom. The van der Waals surface area contributed by atoms with Crippen LogP contribution in [0.5, 0.6) is 11.5 Å². The van der Waals surface area contributed by atoms with Crippen LogP contribution in [0.4, 0.5) is 0 Å². The van der Waals surface area contributed by atoms with E-state index in [4.69, 9.17) is 9.47 Å². The predicted octanol–water partition coefficient (Wildman–Crippen LogP) is 2.63. The first-order valence-corrected chi connectivity index (χ1v) is 9.88. The van der Waals surface area contributed by atoms with Crippen LogP contribution in [0.25, 0.3) is 0 Å². The monoisotopic (exact) mass is 388 g/mol. The van der Waals surface area contributed by atoms with Crippen molar-refractivity contribution in [1.29, 1.82) is 0 Å². The lowest BCUT2D eigenvalue weighted by Gasteiger charge is -2.09. The summed E-state index contributed by atoms with van der Waals surface area (Å²) in [6.45, 7) is 1.88. The number of hydrazone groups is 1. The van der Waals surface area contributed by atoms with Crippen molar-refractivity contribution in [1.82, 2.24) is 4.83 Å². The Kier molecular flexibility index (Phi) is 5.46. The Bertz CT molecular complexity index is 964. The smallest absolute Gasteiger partial charge is 0.314 e. The van der Waals surface area contributed by atoms with Crippen LogP contribution in [-0.2, 0) is 14.8 Å². The summed E-state index contributed by atoms with van der Waals surface area (Å²) in [5.41, 5.74) is 1.55. The lowest BCUT2D eigenvalue weighted by molar-refractivity contribution is -0.135. The average Bonchev–Trinajstić information content (AvgIpc) is 3.48. The minimum absolute atomic E-state index is 0.0212. The molecule has 0 amide bonds. The Morgan fingerprint density at radius 3 is 2.48 bits per heavy atom. The molecule has 0 heterocycles. The van der Waals surface area contributed by atoms with E-state index < -0.39 is 10.0 Å². The van der Waals surface area contributed by atoms with Gasteiger partial charge < -0.3 is 9.47 Å². The van der Waals surface area contributed by atoms with Crippen molar-refractivity contribution in [3.8, 4) is 11.5 Å². The SMILES string of the molecule is COc1cc(/C=N\NS(=O)(=O)c2ccc(C)cc2)ccc1OC(=O)C1CC1. The Morgan fingerprint density at radius 1 is 1.15 bits per heavy atom. The second-order valence-corrected chi connectivity index (χ2v) is 7.93. The zero-order chi connectivity index (χ0) is 19.4. The molecule has 0 saturated heterocycles. The fourth-order valence-corrected chi connectivity index (χ4v) is 3.09. The third-order valence-corrected chi connectivity index (χ3v) is 5.27. The van der Waals surface area contributed by atoms with E-state index in [2.05, 4.69) is 9.93 Å². The molecule has 0 aliphatic heterocycles. The topological polar surface area (TPSA) is 94.1 Å². The molecule has 0 spiro atoms. The number of aryl methyl sites for hydroxylation is 1. The maximum absolute atomic E-state index is 12.2. The first-order chi connectivity index (χ1) is 12.9. The number of sulfonamides is 1. The third-order valence-electron chi connectivity index (χ3n) is 4.03. The number of benzene rings is 2. The highest BCUT2D eigenvalue weighted by molar-refractivity contribution is 7.89. The highest BCUT2D eigenvalue weighted by atomic mass is 32.2. The van der Waals surface area contributed by atoms with Gasteiger partial charge >= 0.3 is 5.97 Å². The van der Waals surface area contributed by atoms with Gasteiger partial charge in [-0.15, -0.1) is 0 Å². The second kappa shape index (κ2) is 7.79. The summed E-state index contributed by atoms with van der Waals surface area (Å²) < 4.78 is 34.9. The second-order valence-electron chi connectivity index (χ2n) is 6.27. The molecule has 0 atom stereocenters. The molecule has 2 aromatic carbocycles. The zero-order valence-electron chi connectivity index (χ0n) is 15.0. The number of hydrogen-bond acceptors (Lipinski definition) is 6. The van der Waals surface area contributed by atoms with Crippen LogP contribution in [0.1, 0.15) is 24.0 Å². The van der Waals surface area contributed by atoms with E-state index >= 15 is 0 Å². The number of carbonyl (C=O) groups is 1. The predicted molar refractivity (Wildman–Crippen MR) is 100 cm³/mol. The first kappa shape index (κ1) is 18.9. The molecule has 0 bridgehead atoms. The van der Waals surface area contributed by atoms with E-state index in [9.17, 15) is 13.2 Å². The summed E-state index contributed by atoms with van der Waals surface area (Å²) in [5, 5.41) is 3.79. The molecule has 1 fully saturated rings. The molecule has 8 heteroatoms. The summed E-state index contributed by atoms with van der Waals surface area (Å²) in [4.78, 5) is 14.1. The van der Waals surface area contributed by atoms with Crippen molar-refractivity contribution in [2.45, 2.75) is 24.7 Å². The normalized spacial score (nSPS) is 14.1. The first-order valence-electron chi connectivity index (χ1n) is 8.40. The van der Waals surface area contributed by atoms with E-state index in [0.717, 1.165) is 18.4 Å². The average molecular weight is 388 g/mol. The molecular weight excluding hydrogens is 368 g/mol. The molecule has 0 aromatic heterocycles. The summed E-state index contributed by atoms with van der Waals surface area (Å²) in [6, 6.07) is 11.3. The van der Waals surface area contributed by atoms with Gasteiger partial charge in [-0.25, -0.2) is 4.83 Å². The molecular formula is C19H20N2O5S. The summed E-state index contributed by atoms with van der Waals surface area (Å²) >= 11 is 0. The maximum atomic E-state index is 12.2. The number of nitrogens with one attached hydrogen (secondary N) is 1. The van der Waals surface area contributed by atoms with Crippen molar-refractivity contribution < 1.29 is 22.7 Å². The number of hydrogen-bond donors (Lipinski definition) is 1. The number of esters is 1. The number of rotatable bonds is 7. The van der Waals surface area contributed by atoms with Gasteiger partial charge in [0.1, 0.15) is 0 Å². The van der Waals surface area contributed by atoms with Gasteiger partial charge in [-0.1, -0.05) is 17.7 Å². The van der Waals surface area contributed by atoms with Crippen molar-refractivity contribution in [3.05, 3.63) is 53.6 Å². The summed E-state index contributed by atoms with van der Waals surface area (Å²) in [6.07, 6.45) is 3.06. The van der Waals surface area contributed by atoms with Gasteiger partial charge in [-0.2, -0.15) is 13.5 Å². The van der Waals surface area contributed by atoms with Gasteiger partial charge in [0.2, 0.25) is 0 Å². The molecule has 1 aliphatic carbocycles. The van der Waals surface area contributed by atoms with Gasteiger partial charge in [0.15, 0.2) is 11.5 Å². The number of methoxy groups -OCH3 is 1. The van der Waals surface area contributed by atoms with Crippen LogP contribution >= 0.6 is 0 Å². The van der Waals surface area contributed by atoms with Crippen LogP contribution in [0.2, 0.25) is 0 Å². The molecule has 1 aliphatic rings. The molecule has 2 aromatic rings. The number of carbonyl (C=O) groups excluding carboxylic acids is 1. The van der Waals surface area contributed by atoms with E-state index in [1.807, 2.05) is 6.92 Å². The van der Waals surface area contributed by atoms with E-state index in [0.29, 0.717) is 17.1 Å². The molecule has 0 unspecified atom stereocenters. The van der Waals surface area contributed by atoms with Crippen molar-refractivity contribution in [2.24, 2.45) is 11.0 Å². The number of nitrogens with zero attached hydrogens (tertiary/aromatic N) is 1. The van der Waals surface area contributed by atoms with Gasteiger partial charge in [-0.05, 0) is 55.7 Å². The Hall–Kier alpha value is -2.87. The van der Waals surface area contributed by atoms with Crippen LogP contribution in [0.15, 0.2) is 52.5 Å². The molecule has 1 saturated carbocycles. The minimum Gasteiger partial charge on any atom is -0.493 e. The third kappa shape index (κ3) is 4.85. The summed E-state index contributed by atoms with van der Waals surface area (Å²) in [7, 11) is -2.27. The van der Waals surface area contributed by atoms with Gasteiger partial charge in [0.05, 0.1) is 24.1 Å². The number of ether oxygens (including phenoxy) is 2. The fourth-order valence-electron chi connectivity index (χ4n) is 2.30. The highest BCUT2D eigenvalue weighted by Crippen LogP contribution is 2.34. The minimum atomic E-state index is -3.74. The molecule has 7 nitrogen and oxygen atoms in total. The molecule has 27 heavy (non-hydrogen) atoms. The van der Waals surface area contributed by atoms with Gasteiger partial charge in [0, 0.05) is 0 Å². The van der Waals surface area contributed by atoms with Crippen molar-refractivity contribution in [3.63, 3.8) is 0 Å². The Labute approximate surface area is 158 Å². The van der Waals surface area contributed by atoms with Crippen molar-refractivity contribution >= 4 is 22.2 Å². The lowest BCUT2D eigenvalue weighted by atomic mass is 10.2. The van der Waals surface area contributed by atoms with E-state index in [1.165, 1.54) is 25.5 Å². The lowest BCUT2D eigenvalue weighted by Crippen LogP contribution is -2.18. The maximum Gasteiger partial charge on any atom is 0.314 e. The fraction of sp³-hybridized carbons (Fsp3) is 0.263. The zero-order valence-corrected chi connectivity index (χ0v) is 15.8. The van der Waals surface area contributed by atoms with E-state index in [1.54, 1.807) is 30.3 Å². The van der Waals surface area contributed by atoms with E-state index in [-0.39, 0.29) is 16.8 Å².